The number of aliphatic hydroxyl groups excluding tert-OH is 1. The molecule has 0 aliphatic rings. The quantitative estimate of drug-likeness (QED) is 0.737. The molecule has 0 fully saturated rings. The van der Waals surface area contributed by atoms with Crippen LogP contribution in [0.2, 0.25) is 0 Å². The third-order valence-corrected chi connectivity index (χ3v) is 1.58. The number of aliphatic hydroxyl groups is 1. The number of hydrogen-bond acceptors (Lipinski definition) is 2. The van der Waals surface area contributed by atoms with Gasteiger partial charge in [0, 0.05) is 12.1 Å². The lowest BCUT2D eigenvalue weighted by Gasteiger charge is -2.25. The van der Waals surface area contributed by atoms with E-state index in [2.05, 4.69) is 5.32 Å². The van der Waals surface area contributed by atoms with E-state index < -0.39 is 24.0 Å². The van der Waals surface area contributed by atoms with Crippen molar-refractivity contribution in [1.29, 1.82) is 0 Å². The van der Waals surface area contributed by atoms with Gasteiger partial charge in [-0.25, -0.2) is 0 Å². The molecular weight excluding hydrogens is 199 g/mol. The molecule has 14 heavy (non-hydrogen) atoms. The van der Waals surface area contributed by atoms with E-state index in [4.69, 9.17) is 5.11 Å². The summed E-state index contributed by atoms with van der Waals surface area (Å²) in [5.74, 6) is -1.07. The molecule has 0 unspecified atom stereocenters. The number of nitrogens with one attached hydrogen (secondary N) is 1. The molecule has 0 aliphatic heterocycles. The van der Waals surface area contributed by atoms with Gasteiger partial charge in [0.15, 0.2) is 0 Å². The highest BCUT2D eigenvalue weighted by atomic mass is 19.4. The Morgan fingerprint density at radius 2 is 1.86 bits per heavy atom. The molecule has 0 saturated carbocycles. The Balaban J connectivity index is 4.06. The maximum absolute atomic E-state index is 11.8. The molecule has 0 aromatic heterocycles. The van der Waals surface area contributed by atoms with Crippen LogP contribution in [0, 0.1) is 0 Å². The van der Waals surface area contributed by atoms with Gasteiger partial charge in [0.25, 0.3) is 0 Å². The number of halogens is 3. The van der Waals surface area contributed by atoms with Crippen LogP contribution in [-0.2, 0) is 4.79 Å². The van der Waals surface area contributed by atoms with Gasteiger partial charge in [-0.3, -0.25) is 4.79 Å². The number of carbonyl (C=O) groups is 1. The third kappa shape index (κ3) is 6.71. The maximum Gasteiger partial charge on any atom is 0.397 e. The highest BCUT2D eigenvalue weighted by Crippen LogP contribution is 2.20. The Morgan fingerprint density at radius 3 is 2.21 bits per heavy atom. The SMILES string of the molecule is CC(C)(CCO)NC(=O)CC(F)(F)F. The predicted octanol–water partition coefficient (Wildman–Crippen LogP) is 1.22. The minimum Gasteiger partial charge on any atom is -0.396 e. The summed E-state index contributed by atoms with van der Waals surface area (Å²) in [6.45, 7) is 2.92. The standard InChI is InChI=1S/C8H14F3NO2/c1-7(2,3-4-13)12-6(14)5-8(9,10)11/h13H,3-5H2,1-2H3,(H,12,14). The summed E-state index contributed by atoms with van der Waals surface area (Å²) in [5.41, 5.74) is -0.808. The number of alkyl halides is 3. The Bertz CT molecular complexity index is 201. The van der Waals surface area contributed by atoms with E-state index >= 15 is 0 Å². The third-order valence-electron chi connectivity index (χ3n) is 1.58. The Kier molecular flexibility index (Phi) is 4.38. The second-order valence-electron chi connectivity index (χ2n) is 3.70. The van der Waals surface area contributed by atoms with Crippen LogP contribution in [0.4, 0.5) is 13.2 Å². The molecule has 0 aromatic carbocycles. The summed E-state index contributed by atoms with van der Waals surface area (Å²) in [7, 11) is 0. The van der Waals surface area contributed by atoms with Gasteiger partial charge < -0.3 is 10.4 Å². The van der Waals surface area contributed by atoms with E-state index in [0.717, 1.165) is 0 Å². The Morgan fingerprint density at radius 1 is 1.36 bits per heavy atom. The van der Waals surface area contributed by atoms with Gasteiger partial charge in [0.2, 0.25) is 5.91 Å². The van der Waals surface area contributed by atoms with Gasteiger partial charge in [0.1, 0.15) is 6.42 Å². The average molecular weight is 213 g/mol. The van der Waals surface area contributed by atoms with E-state index in [0.29, 0.717) is 0 Å². The van der Waals surface area contributed by atoms with Gasteiger partial charge in [-0.2, -0.15) is 13.2 Å². The smallest absolute Gasteiger partial charge is 0.396 e. The van der Waals surface area contributed by atoms with Gasteiger partial charge in [0.05, 0.1) is 0 Å². The van der Waals surface area contributed by atoms with Gasteiger partial charge in [-0.1, -0.05) is 0 Å². The van der Waals surface area contributed by atoms with Crippen LogP contribution in [0.3, 0.4) is 0 Å². The first-order valence-corrected chi connectivity index (χ1v) is 4.15. The van der Waals surface area contributed by atoms with Crippen molar-refractivity contribution in [3.05, 3.63) is 0 Å². The molecule has 0 bridgehead atoms. The fraction of sp³-hybridized carbons (Fsp3) is 0.875. The molecule has 0 saturated heterocycles. The topological polar surface area (TPSA) is 49.3 Å². The molecule has 84 valence electrons. The zero-order chi connectivity index (χ0) is 11.4. The van der Waals surface area contributed by atoms with E-state index in [9.17, 15) is 18.0 Å². The monoisotopic (exact) mass is 213 g/mol. The van der Waals surface area contributed by atoms with Crippen molar-refractivity contribution in [2.45, 2.75) is 38.4 Å². The predicted molar refractivity (Wildman–Crippen MR) is 44.6 cm³/mol. The molecule has 0 rings (SSSR count). The van der Waals surface area contributed by atoms with Gasteiger partial charge >= 0.3 is 6.18 Å². The van der Waals surface area contributed by atoms with Crippen molar-refractivity contribution in [2.24, 2.45) is 0 Å². The summed E-state index contributed by atoms with van der Waals surface area (Å²) in [6.07, 6.45) is -5.75. The van der Waals surface area contributed by atoms with Crippen molar-refractivity contribution in [3.8, 4) is 0 Å². The number of amides is 1. The van der Waals surface area contributed by atoms with Crippen LogP contribution in [0.15, 0.2) is 0 Å². The van der Waals surface area contributed by atoms with Gasteiger partial charge in [-0.15, -0.1) is 0 Å². The molecule has 1 amide bonds. The fourth-order valence-corrected chi connectivity index (χ4v) is 0.946. The highest BCUT2D eigenvalue weighted by molar-refractivity contribution is 5.77. The van der Waals surface area contributed by atoms with E-state index in [1.54, 1.807) is 13.8 Å². The summed E-state index contributed by atoms with van der Waals surface area (Å²) >= 11 is 0. The highest BCUT2D eigenvalue weighted by Gasteiger charge is 2.33. The molecule has 0 radical (unpaired) electrons. The minimum atomic E-state index is -4.49. The lowest BCUT2D eigenvalue weighted by atomic mass is 10.0. The molecule has 0 spiro atoms. The average Bonchev–Trinajstić information content (AvgIpc) is 1.78. The zero-order valence-electron chi connectivity index (χ0n) is 8.11. The number of hydrogen-bond donors (Lipinski definition) is 2. The molecule has 2 N–H and O–H groups in total. The van der Waals surface area contributed by atoms with Crippen molar-refractivity contribution in [3.63, 3.8) is 0 Å². The molecule has 0 aliphatic carbocycles. The Labute approximate surface area is 80.3 Å². The molecule has 6 heteroatoms. The van der Waals surface area contributed by atoms with Crippen LogP contribution < -0.4 is 5.32 Å². The first-order chi connectivity index (χ1) is 6.16. The van der Waals surface area contributed by atoms with Crippen molar-refractivity contribution < 1.29 is 23.1 Å². The maximum atomic E-state index is 11.8. The summed E-state index contributed by atoms with van der Waals surface area (Å²) in [6, 6.07) is 0. The summed E-state index contributed by atoms with van der Waals surface area (Å²) < 4.78 is 35.3. The molecule has 0 aromatic rings. The van der Waals surface area contributed by atoms with Crippen molar-refractivity contribution in [1.82, 2.24) is 5.32 Å². The molecular formula is C8H14F3NO2. The van der Waals surface area contributed by atoms with E-state index in [1.807, 2.05) is 0 Å². The minimum absolute atomic E-state index is 0.181. The summed E-state index contributed by atoms with van der Waals surface area (Å²) in [4.78, 5) is 10.8. The second kappa shape index (κ2) is 4.63. The molecule has 0 heterocycles. The zero-order valence-corrected chi connectivity index (χ0v) is 8.11. The molecule has 3 nitrogen and oxygen atoms in total. The lowest BCUT2D eigenvalue weighted by Crippen LogP contribution is -2.45. The first-order valence-electron chi connectivity index (χ1n) is 4.15. The van der Waals surface area contributed by atoms with Crippen LogP contribution >= 0.6 is 0 Å². The van der Waals surface area contributed by atoms with E-state index in [1.165, 1.54) is 0 Å². The van der Waals surface area contributed by atoms with Gasteiger partial charge in [-0.05, 0) is 20.3 Å². The van der Waals surface area contributed by atoms with Crippen LogP contribution in [0.1, 0.15) is 26.7 Å². The second-order valence-corrected chi connectivity index (χ2v) is 3.70. The molecule has 0 atom stereocenters. The van der Waals surface area contributed by atoms with Crippen molar-refractivity contribution in [2.75, 3.05) is 6.61 Å². The Hall–Kier alpha value is -0.780. The summed E-state index contributed by atoms with van der Waals surface area (Å²) in [5, 5.41) is 10.8. The fourth-order valence-electron chi connectivity index (χ4n) is 0.946. The lowest BCUT2D eigenvalue weighted by molar-refractivity contribution is -0.154. The normalized spacial score (nSPS) is 12.7. The van der Waals surface area contributed by atoms with E-state index in [-0.39, 0.29) is 13.0 Å². The largest absolute Gasteiger partial charge is 0.397 e. The van der Waals surface area contributed by atoms with Crippen LogP contribution in [0.25, 0.3) is 0 Å². The first kappa shape index (κ1) is 13.2. The van der Waals surface area contributed by atoms with Crippen LogP contribution in [0.5, 0.6) is 0 Å². The van der Waals surface area contributed by atoms with Crippen LogP contribution in [-0.4, -0.2) is 29.3 Å². The number of rotatable bonds is 4. The number of carbonyl (C=O) groups excluding carboxylic acids is 1. The van der Waals surface area contributed by atoms with Crippen molar-refractivity contribution >= 4 is 5.91 Å².